The smallest absolute Gasteiger partial charge is 0.404 e. The molecule has 2 amide bonds. The number of amides is 2. The van der Waals surface area contributed by atoms with Gasteiger partial charge in [-0.1, -0.05) is 12.1 Å². The normalized spacial score (nSPS) is 11.9. The quantitative estimate of drug-likeness (QED) is 0.917. The van der Waals surface area contributed by atoms with Crippen LogP contribution in [0, 0.1) is 0 Å². The van der Waals surface area contributed by atoms with E-state index in [1.54, 1.807) is 0 Å². The molecule has 0 atom stereocenters. The molecule has 1 aromatic rings. The van der Waals surface area contributed by atoms with E-state index in [0.29, 0.717) is 4.31 Å². The second-order valence-corrected chi connectivity index (χ2v) is 5.55. The van der Waals surface area contributed by atoms with E-state index >= 15 is 0 Å². The van der Waals surface area contributed by atoms with Gasteiger partial charge in [0.15, 0.2) is 0 Å². The van der Waals surface area contributed by atoms with E-state index in [4.69, 9.17) is 0 Å². The summed E-state index contributed by atoms with van der Waals surface area (Å²) in [6.07, 6.45) is -5.05. The molecule has 10 heteroatoms. The Morgan fingerprint density at radius 3 is 2.38 bits per heavy atom. The zero-order valence-electron chi connectivity index (χ0n) is 11.1. The van der Waals surface area contributed by atoms with Gasteiger partial charge in [-0.15, -0.1) is 13.2 Å². The Balaban J connectivity index is 3.35. The third-order valence-electron chi connectivity index (χ3n) is 2.37. The van der Waals surface area contributed by atoms with Gasteiger partial charge in [-0.25, -0.2) is 17.5 Å². The van der Waals surface area contributed by atoms with Gasteiger partial charge in [0.05, 0.1) is 0 Å². The predicted octanol–water partition coefficient (Wildman–Crippen LogP) is 1.94. The lowest BCUT2D eigenvalue weighted by molar-refractivity contribution is -0.275. The number of halogens is 3. The number of para-hydroxylation sites is 1. The number of benzene rings is 1. The number of nitrogens with zero attached hydrogens (tertiary/aromatic N) is 1. The molecule has 1 aromatic carbocycles. The molecule has 0 radical (unpaired) electrons. The topological polar surface area (TPSA) is 75.7 Å². The highest BCUT2D eigenvalue weighted by Gasteiger charge is 2.36. The summed E-state index contributed by atoms with van der Waals surface area (Å²) in [6, 6.07) is 3.25. The van der Waals surface area contributed by atoms with Crippen molar-refractivity contribution in [1.29, 1.82) is 0 Å². The number of rotatable bonds is 4. The first kappa shape index (κ1) is 17.1. The summed E-state index contributed by atoms with van der Waals surface area (Å²) in [5.74, 6) is -0.896. The highest BCUT2D eigenvalue weighted by Crippen LogP contribution is 2.31. The molecule has 0 bridgehead atoms. The number of sulfonamides is 1. The van der Waals surface area contributed by atoms with Crippen LogP contribution in [0.1, 0.15) is 6.92 Å². The summed E-state index contributed by atoms with van der Waals surface area (Å²) >= 11 is 0. The fraction of sp³-hybridized carbons (Fsp3) is 0.364. The third-order valence-corrected chi connectivity index (χ3v) is 4.27. The van der Waals surface area contributed by atoms with E-state index in [2.05, 4.69) is 10.1 Å². The van der Waals surface area contributed by atoms with E-state index < -0.39 is 33.1 Å². The van der Waals surface area contributed by atoms with Crippen molar-refractivity contribution >= 4 is 16.1 Å². The van der Waals surface area contributed by atoms with Crippen LogP contribution in [0.25, 0.3) is 0 Å². The zero-order chi connectivity index (χ0) is 16.3. The van der Waals surface area contributed by atoms with Crippen LogP contribution in [0.5, 0.6) is 5.75 Å². The van der Waals surface area contributed by atoms with E-state index in [0.717, 1.165) is 12.1 Å². The van der Waals surface area contributed by atoms with Crippen molar-refractivity contribution in [3.63, 3.8) is 0 Å². The molecule has 0 heterocycles. The molecule has 0 aliphatic carbocycles. The van der Waals surface area contributed by atoms with Crippen LogP contribution < -0.4 is 10.1 Å². The zero-order valence-corrected chi connectivity index (χ0v) is 12.0. The second-order valence-electron chi connectivity index (χ2n) is 3.72. The van der Waals surface area contributed by atoms with Gasteiger partial charge in [0.25, 0.3) is 10.0 Å². The Bertz CT molecular complexity index is 616. The van der Waals surface area contributed by atoms with Crippen LogP contribution in [0.15, 0.2) is 29.2 Å². The van der Waals surface area contributed by atoms with Gasteiger partial charge in [-0.2, -0.15) is 0 Å². The first-order chi connectivity index (χ1) is 9.63. The van der Waals surface area contributed by atoms with Gasteiger partial charge in [0.2, 0.25) is 0 Å². The van der Waals surface area contributed by atoms with Crippen molar-refractivity contribution in [2.75, 3.05) is 13.6 Å². The molecule has 0 saturated carbocycles. The van der Waals surface area contributed by atoms with Gasteiger partial charge in [0, 0.05) is 13.6 Å². The molecule has 0 spiro atoms. The fourth-order valence-corrected chi connectivity index (χ4v) is 3.04. The Labute approximate surface area is 119 Å². The lowest BCUT2D eigenvalue weighted by atomic mass is 10.3. The van der Waals surface area contributed by atoms with Crippen molar-refractivity contribution < 1.29 is 31.1 Å². The fourth-order valence-electron chi connectivity index (χ4n) is 1.54. The van der Waals surface area contributed by atoms with E-state index in [1.807, 2.05) is 0 Å². The highest BCUT2D eigenvalue weighted by molar-refractivity contribution is 7.89. The molecule has 0 aromatic heterocycles. The van der Waals surface area contributed by atoms with Gasteiger partial charge < -0.3 is 10.1 Å². The molecule has 0 saturated heterocycles. The first-order valence-electron chi connectivity index (χ1n) is 5.72. The average Bonchev–Trinajstić information content (AvgIpc) is 2.37. The standard InChI is InChI=1S/C11H13F3N2O4S/c1-3-16(10(17)15-2)21(18,19)9-7-5-4-6-8(9)20-11(12,13)14/h4-7H,3H2,1-2H3,(H,15,17). The van der Waals surface area contributed by atoms with Crippen molar-refractivity contribution in [1.82, 2.24) is 9.62 Å². The van der Waals surface area contributed by atoms with Crippen molar-refractivity contribution in [2.45, 2.75) is 18.2 Å². The highest BCUT2D eigenvalue weighted by atomic mass is 32.2. The maximum Gasteiger partial charge on any atom is 0.573 e. The summed E-state index contributed by atoms with van der Waals surface area (Å²) in [7, 11) is -3.26. The summed E-state index contributed by atoms with van der Waals surface area (Å²) in [6.45, 7) is 1.13. The monoisotopic (exact) mass is 326 g/mol. The number of carbonyl (C=O) groups is 1. The van der Waals surface area contributed by atoms with Gasteiger partial charge >= 0.3 is 12.4 Å². The molecule has 6 nitrogen and oxygen atoms in total. The van der Waals surface area contributed by atoms with E-state index in [1.165, 1.54) is 26.1 Å². The summed E-state index contributed by atoms with van der Waals surface area (Å²) in [4.78, 5) is 10.8. The Kier molecular flexibility index (Phi) is 5.05. The molecule has 0 aliphatic heterocycles. The molecule has 118 valence electrons. The van der Waals surface area contributed by atoms with Gasteiger partial charge in [0.1, 0.15) is 10.6 Å². The maximum atomic E-state index is 12.3. The SMILES string of the molecule is CCN(C(=O)NC)S(=O)(=O)c1ccccc1OC(F)(F)F. The molecule has 0 unspecified atom stereocenters. The average molecular weight is 326 g/mol. The van der Waals surface area contributed by atoms with Crippen molar-refractivity contribution in [3.8, 4) is 5.75 Å². The van der Waals surface area contributed by atoms with Crippen LogP contribution in [0.3, 0.4) is 0 Å². The Hall–Kier alpha value is -1.97. The lowest BCUT2D eigenvalue weighted by Gasteiger charge is -2.22. The van der Waals surface area contributed by atoms with Gasteiger partial charge in [-0.3, -0.25) is 0 Å². The second kappa shape index (κ2) is 6.20. The Morgan fingerprint density at radius 1 is 1.33 bits per heavy atom. The summed E-state index contributed by atoms with van der Waals surface area (Å²) in [5.41, 5.74) is 0. The summed E-state index contributed by atoms with van der Waals surface area (Å²) in [5, 5.41) is 2.10. The molecule has 1 N–H and O–H groups in total. The number of hydrogen-bond donors (Lipinski definition) is 1. The summed E-state index contributed by atoms with van der Waals surface area (Å²) < 4.78 is 65.6. The number of carbonyl (C=O) groups excluding carboxylic acids is 1. The van der Waals surface area contributed by atoms with Crippen LogP contribution in [-0.4, -0.2) is 38.7 Å². The predicted molar refractivity (Wildman–Crippen MR) is 67.1 cm³/mol. The number of nitrogens with one attached hydrogen (secondary N) is 1. The van der Waals surface area contributed by atoms with Crippen LogP contribution in [-0.2, 0) is 10.0 Å². The van der Waals surface area contributed by atoms with E-state index in [-0.39, 0.29) is 6.54 Å². The lowest BCUT2D eigenvalue weighted by Crippen LogP contribution is -2.42. The van der Waals surface area contributed by atoms with Crippen molar-refractivity contribution in [3.05, 3.63) is 24.3 Å². The first-order valence-corrected chi connectivity index (χ1v) is 7.16. The largest absolute Gasteiger partial charge is 0.573 e. The van der Waals surface area contributed by atoms with Gasteiger partial charge in [-0.05, 0) is 19.1 Å². The minimum Gasteiger partial charge on any atom is -0.404 e. The minimum atomic E-state index is -5.05. The molecule has 0 aliphatic rings. The molecule has 21 heavy (non-hydrogen) atoms. The minimum absolute atomic E-state index is 0.248. The molecular formula is C11H13F3N2O4S. The molecular weight excluding hydrogens is 313 g/mol. The molecule has 1 rings (SSSR count). The van der Waals surface area contributed by atoms with Crippen LogP contribution in [0.4, 0.5) is 18.0 Å². The number of alkyl halides is 3. The number of ether oxygens (including phenoxy) is 1. The molecule has 0 fully saturated rings. The third kappa shape index (κ3) is 4.00. The van der Waals surface area contributed by atoms with E-state index in [9.17, 15) is 26.4 Å². The van der Waals surface area contributed by atoms with Crippen molar-refractivity contribution in [2.24, 2.45) is 0 Å². The number of hydrogen-bond acceptors (Lipinski definition) is 4. The maximum absolute atomic E-state index is 12.3. The van der Waals surface area contributed by atoms with Crippen LogP contribution >= 0.6 is 0 Å². The number of urea groups is 1. The Morgan fingerprint density at radius 2 is 1.90 bits per heavy atom. The van der Waals surface area contributed by atoms with Crippen LogP contribution in [0.2, 0.25) is 0 Å².